The van der Waals surface area contributed by atoms with Gasteiger partial charge in [-0.1, -0.05) is 18.2 Å². The zero-order valence-corrected chi connectivity index (χ0v) is 11.2. The van der Waals surface area contributed by atoms with Crippen LogP contribution < -0.4 is 10.2 Å². The second kappa shape index (κ2) is 6.29. The smallest absolute Gasteiger partial charge is 0.146 e. The van der Waals surface area contributed by atoms with E-state index in [1.54, 1.807) is 12.3 Å². The van der Waals surface area contributed by atoms with Crippen molar-refractivity contribution in [1.29, 1.82) is 0 Å². The highest BCUT2D eigenvalue weighted by molar-refractivity contribution is 5.54. The first-order chi connectivity index (χ1) is 9.22. The van der Waals surface area contributed by atoms with E-state index in [4.69, 9.17) is 0 Å². The van der Waals surface area contributed by atoms with Crippen LogP contribution in [0, 0.1) is 5.82 Å². The Morgan fingerprint density at radius 3 is 2.74 bits per heavy atom. The average Bonchev–Trinajstić information content (AvgIpc) is 2.40. The normalized spacial score (nSPS) is 10.5. The first-order valence-electron chi connectivity index (χ1n) is 6.25. The van der Waals surface area contributed by atoms with Crippen molar-refractivity contribution in [3.8, 4) is 0 Å². The van der Waals surface area contributed by atoms with Crippen LogP contribution in [0.3, 0.4) is 0 Å². The summed E-state index contributed by atoms with van der Waals surface area (Å²) in [4.78, 5) is 6.16. The topological polar surface area (TPSA) is 28.2 Å². The van der Waals surface area contributed by atoms with Gasteiger partial charge in [0.15, 0.2) is 0 Å². The number of aromatic nitrogens is 1. The van der Waals surface area contributed by atoms with Gasteiger partial charge >= 0.3 is 0 Å². The fraction of sp³-hybridized carbons (Fsp3) is 0.267. The predicted octanol–water partition coefficient (Wildman–Crippen LogP) is 2.58. The molecule has 3 nitrogen and oxygen atoms in total. The number of anilines is 1. The SMILES string of the molecule is CNCc1cccc(F)c1N(C)Cc1ccccn1. The van der Waals surface area contributed by atoms with Gasteiger partial charge in [-0.05, 0) is 30.8 Å². The molecule has 0 bridgehead atoms. The molecule has 0 radical (unpaired) electrons. The van der Waals surface area contributed by atoms with Crippen LogP contribution >= 0.6 is 0 Å². The highest BCUT2D eigenvalue weighted by Crippen LogP contribution is 2.24. The van der Waals surface area contributed by atoms with Gasteiger partial charge in [0.2, 0.25) is 0 Å². The Bertz CT molecular complexity index is 528. The molecule has 1 aromatic heterocycles. The molecular formula is C15H18FN3. The number of hydrogen-bond donors (Lipinski definition) is 1. The quantitative estimate of drug-likeness (QED) is 0.894. The van der Waals surface area contributed by atoms with Gasteiger partial charge < -0.3 is 10.2 Å². The minimum Gasteiger partial charge on any atom is -0.366 e. The molecule has 19 heavy (non-hydrogen) atoms. The van der Waals surface area contributed by atoms with Crippen LogP contribution in [0.2, 0.25) is 0 Å². The highest BCUT2D eigenvalue weighted by atomic mass is 19.1. The van der Waals surface area contributed by atoms with Crippen LogP contribution in [0.15, 0.2) is 42.6 Å². The lowest BCUT2D eigenvalue weighted by Gasteiger charge is -2.22. The minimum atomic E-state index is -0.203. The molecule has 1 heterocycles. The molecule has 0 atom stereocenters. The molecule has 100 valence electrons. The summed E-state index contributed by atoms with van der Waals surface area (Å²) >= 11 is 0. The summed E-state index contributed by atoms with van der Waals surface area (Å²) in [6.07, 6.45) is 1.75. The van der Waals surface area contributed by atoms with Crippen molar-refractivity contribution in [2.45, 2.75) is 13.1 Å². The maximum absolute atomic E-state index is 14.0. The lowest BCUT2D eigenvalue weighted by Crippen LogP contribution is -2.21. The molecule has 2 aromatic rings. The maximum Gasteiger partial charge on any atom is 0.146 e. The van der Waals surface area contributed by atoms with Gasteiger partial charge in [-0.15, -0.1) is 0 Å². The van der Waals surface area contributed by atoms with Crippen molar-refractivity contribution in [1.82, 2.24) is 10.3 Å². The summed E-state index contributed by atoms with van der Waals surface area (Å²) in [5, 5.41) is 3.06. The first-order valence-corrected chi connectivity index (χ1v) is 6.25. The number of benzene rings is 1. The summed E-state index contributed by atoms with van der Waals surface area (Å²) in [6, 6.07) is 10.9. The Balaban J connectivity index is 2.25. The van der Waals surface area contributed by atoms with Crippen LogP contribution in [-0.4, -0.2) is 19.1 Å². The van der Waals surface area contributed by atoms with Crippen molar-refractivity contribution < 1.29 is 4.39 Å². The van der Waals surface area contributed by atoms with Crippen molar-refractivity contribution in [2.75, 3.05) is 19.0 Å². The number of halogens is 1. The minimum absolute atomic E-state index is 0.203. The van der Waals surface area contributed by atoms with E-state index in [1.165, 1.54) is 6.07 Å². The standard InChI is InChI=1S/C15H18FN3/c1-17-10-12-6-5-8-14(16)15(12)19(2)11-13-7-3-4-9-18-13/h3-9,17H,10-11H2,1-2H3. The highest BCUT2D eigenvalue weighted by Gasteiger charge is 2.13. The van der Waals surface area contributed by atoms with Crippen molar-refractivity contribution in [3.63, 3.8) is 0 Å². The first kappa shape index (κ1) is 13.5. The molecule has 0 unspecified atom stereocenters. The van der Waals surface area contributed by atoms with Crippen molar-refractivity contribution >= 4 is 5.69 Å². The second-order valence-electron chi connectivity index (χ2n) is 4.46. The summed E-state index contributed by atoms with van der Waals surface area (Å²) in [5.74, 6) is -0.203. The molecule has 0 saturated carbocycles. The summed E-state index contributed by atoms with van der Waals surface area (Å²) in [6.45, 7) is 1.22. The Hall–Kier alpha value is -1.94. The molecular weight excluding hydrogens is 241 g/mol. The third-order valence-electron chi connectivity index (χ3n) is 2.94. The van der Waals surface area contributed by atoms with Crippen LogP contribution in [0.25, 0.3) is 0 Å². The number of nitrogens with one attached hydrogen (secondary N) is 1. The third-order valence-corrected chi connectivity index (χ3v) is 2.94. The Morgan fingerprint density at radius 1 is 1.21 bits per heavy atom. The van der Waals surface area contributed by atoms with Gasteiger partial charge in [-0.3, -0.25) is 4.98 Å². The summed E-state index contributed by atoms with van der Waals surface area (Å²) in [5.41, 5.74) is 2.49. The van der Waals surface area contributed by atoms with Gasteiger partial charge in [-0.2, -0.15) is 0 Å². The van der Waals surface area contributed by atoms with Crippen molar-refractivity contribution in [3.05, 3.63) is 59.7 Å². The molecule has 0 amide bonds. The predicted molar refractivity (Wildman–Crippen MR) is 75.5 cm³/mol. The number of nitrogens with zero attached hydrogens (tertiary/aromatic N) is 2. The molecule has 0 spiro atoms. The van der Waals surface area contributed by atoms with E-state index in [2.05, 4.69) is 10.3 Å². The summed E-state index contributed by atoms with van der Waals surface area (Å²) in [7, 11) is 3.74. The van der Waals surface area contributed by atoms with Crippen LogP contribution in [0.1, 0.15) is 11.3 Å². The molecule has 0 saturated heterocycles. The lowest BCUT2D eigenvalue weighted by atomic mass is 10.1. The molecule has 4 heteroatoms. The zero-order valence-electron chi connectivity index (χ0n) is 11.2. The monoisotopic (exact) mass is 259 g/mol. The van der Waals surface area contributed by atoms with Crippen LogP contribution in [0.5, 0.6) is 0 Å². The summed E-state index contributed by atoms with van der Waals surface area (Å²) < 4.78 is 14.0. The van der Waals surface area contributed by atoms with Crippen LogP contribution in [0.4, 0.5) is 10.1 Å². The largest absolute Gasteiger partial charge is 0.366 e. The van der Waals surface area contributed by atoms with Crippen LogP contribution in [-0.2, 0) is 13.1 Å². The third kappa shape index (κ3) is 3.29. The maximum atomic E-state index is 14.0. The molecule has 1 N–H and O–H groups in total. The molecule has 0 aliphatic carbocycles. The Kier molecular flexibility index (Phi) is 4.47. The van der Waals surface area contributed by atoms with Gasteiger partial charge in [0, 0.05) is 19.8 Å². The Labute approximate surface area is 113 Å². The fourth-order valence-electron chi connectivity index (χ4n) is 2.13. The van der Waals surface area contributed by atoms with E-state index >= 15 is 0 Å². The van der Waals surface area contributed by atoms with Crippen molar-refractivity contribution in [2.24, 2.45) is 0 Å². The van der Waals surface area contributed by atoms with E-state index in [-0.39, 0.29) is 5.82 Å². The molecule has 2 rings (SSSR count). The van der Waals surface area contributed by atoms with Gasteiger partial charge in [0.1, 0.15) is 5.82 Å². The van der Waals surface area contributed by atoms with E-state index in [9.17, 15) is 4.39 Å². The number of hydrogen-bond acceptors (Lipinski definition) is 3. The number of para-hydroxylation sites is 1. The van der Waals surface area contributed by atoms with E-state index in [0.29, 0.717) is 18.8 Å². The fourth-order valence-corrected chi connectivity index (χ4v) is 2.13. The second-order valence-corrected chi connectivity index (χ2v) is 4.46. The van der Waals surface area contributed by atoms with Gasteiger partial charge in [0.25, 0.3) is 0 Å². The molecule has 0 fully saturated rings. The molecule has 0 aliphatic heterocycles. The van der Waals surface area contributed by atoms with E-state index in [0.717, 1.165) is 11.3 Å². The molecule has 0 aliphatic rings. The lowest BCUT2D eigenvalue weighted by molar-refractivity contribution is 0.617. The van der Waals surface area contributed by atoms with E-state index < -0.39 is 0 Å². The number of pyridine rings is 1. The number of rotatable bonds is 5. The zero-order chi connectivity index (χ0) is 13.7. The molecule has 1 aromatic carbocycles. The Morgan fingerprint density at radius 2 is 2.05 bits per heavy atom. The van der Waals surface area contributed by atoms with E-state index in [1.807, 2.05) is 43.3 Å². The van der Waals surface area contributed by atoms with Gasteiger partial charge in [0.05, 0.1) is 17.9 Å². The average molecular weight is 259 g/mol. The van der Waals surface area contributed by atoms with Gasteiger partial charge in [-0.25, -0.2) is 4.39 Å².